The lowest BCUT2D eigenvalue weighted by Crippen LogP contribution is -2.31. The Morgan fingerprint density at radius 2 is 1.57 bits per heavy atom. The van der Waals surface area contributed by atoms with Crippen molar-refractivity contribution in [3.63, 3.8) is 0 Å². The fourth-order valence-electron chi connectivity index (χ4n) is 3.55. The predicted molar refractivity (Wildman–Crippen MR) is 105 cm³/mol. The monoisotopic (exact) mass is 406 g/mol. The fourth-order valence-corrected chi connectivity index (χ4v) is 3.55. The molecule has 8 nitrogen and oxygen atoms in total. The Morgan fingerprint density at radius 1 is 0.833 bits per heavy atom. The number of carbonyl (C=O) groups excluding carboxylic acids is 2. The lowest BCUT2D eigenvalue weighted by molar-refractivity contribution is -0.135. The molecule has 0 bridgehead atoms. The van der Waals surface area contributed by atoms with Crippen molar-refractivity contribution in [2.24, 2.45) is 0 Å². The first-order chi connectivity index (χ1) is 14.5. The minimum atomic E-state index is -1.35. The third kappa shape index (κ3) is 2.57. The molecule has 30 heavy (non-hydrogen) atoms. The highest BCUT2D eigenvalue weighted by molar-refractivity contribution is 6.17. The van der Waals surface area contributed by atoms with Gasteiger partial charge in [-0.05, 0) is 42.5 Å². The first-order valence-corrected chi connectivity index (χ1v) is 8.98. The SMILES string of the molecule is COc1ccc2c(c1)C(=O)C(c1cc3c(=O)oc4ccc(OC)cc4c3o1)C(=O)O2. The van der Waals surface area contributed by atoms with Crippen LogP contribution < -0.4 is 19.8 Å². The van der Waals surface area contributed by atoms with Gasteiger partial charge in [0.2, 0.25) is 0 Å². The number of hydrogen-bond donors (Lipinski definition) is 0. The molecule has 4 aromatic rings. The van der Waals surface area contributed by atoms with E-state index in [0.29, 0.717) is 22.5 Å². The van der Waals surface area contributed by atoms with Gasteiger partial charge in [-0.2, -0.15) is 0 Å². The van der Waals surface area contributed by atoms with Gasteiger partial charge in [-0.1, -0.05) is 0 Å². The molecule has 1 atom stereocenters. The summed E-state index contributed by atoms with van der Waals surface area (Å²) in [5.41, 5.74) is 0.0448. The van der Waals surface area contributed by atoms with Gasteiger partial charge in [0.05, 0.1) is 25.2 Å². The van der Waals surface area contributed by atoms with Crippen LogP contribution in [0.25, 0.3) is 21.9 Å². The molecule has 2 aromatic heterocycles. The third-order valence-corrected chi connectivity index (χ3v) is 5.05. The topological polar surface area (TPSA) is 105 Å². The van der Waals surface area contributed by atoms with Gasteiger partial charge < -0.3 is 23.0 Å². The summed E-state index contributed by atoms with van der Waals surface area (Å²) < 4.78 is 26.9. The fraction of sp³-hybridized carbons (Fsp3) is 0.136. The molecule has 1 unspecified atom stereocenters. The molecule has 0 saturated carbocycles. The predicted octanol–water partition coefficient (Wildman–Crippen LogP) is 3.44. The van der Waals surface area contributed by atoms with Gasteiger partial charge in [0.1, 0.15) is 34.0 Å². The molecule has 1 aliphatic heterocycles. The Labute approximate surface area is 168 Å². The number of fused-ring (bicyclic) bond motifs is 4. The van der Waals surface area contributed by atoms with Gasteiger partial charge in [-0.25, -0.2) is 4.79 Å². The number of ether oxygens (including phenoxy) is 3. The van der Waals surface area contributed by atoms with E-state index in [-0.39, 0.29) is 28.0 Å². The van der Waals surface area contributed by atoms with E-state index in [0.717, 1.165) is 0 Å². The molecule has 0 fully saturated rings. The average molecular weight is 406 g/mol. The van der Waals surface area contributed by atoms with Crippen molar-refractivity contribution in [3.8, 4) is 17.2 Å². The number of Topliss-reactive ketones (excluding diaryl/α,β-unsaturated/α-hetero) is 1. The van der Waals surface area contributed by atoms with E-state index < -0.39 is 23.3 Å². The lowest BCUT2D eigenvalue weighted by Gasteiger charge is -2.21. The highest BCUT2D eigenvalue weighted by Crippen LogP contribution is 2.38. The number of hydrogen-bond acceptors (Lipinski definition) is 8. The van der Waals surface area contributed by atoms with Crippen molar-refractivity contribution >= 4 is 33.7 Å². The number of benzene rings is 2. The molecule has 3 heterocycles. The molecule has 1 aliphatic rings. The summed E-state index contributed by atoms with van der Waals surface area (Å²) >= 11 is 0. The maximum absolute atomic E-state index is 13.1. The first-order valence-electron chi connectivity index (χ1n) is 8.98. The third-order valence-electron chi connectivity index (χ3n) is 5.05. The normalized spacial score (nSPS) is 15.9. The van der Waals surface area contributed by atoms with Crippen molar-refractivity contribution < 1.29 is 32.6 Å². The molecule has 0 saturated heterocycles. The average Bonchev–Trinajstić information content (AvgIpc) is 3.19. The quantitative estimate of drug-likeness (QED) is 0.221. The van der Waals surface area contributed by atoms with E-state index in [9.17, 15) is 14.4 Å². The zero-order chi connectivity index (χ0) is 21.0. The number of methoxy groups -OCH3 is 2. The highest BCUT2D eigenvalue weighted by Gasteiger charge is 2.40. The van der Waals surface area contributed by atoms with Crippen LogP contribution >= 0.6 is 0 Å². The van der Waals surface area contributed by atoms with Crippen LogP contribution in [-0.2, 0) is 4.79 Å². The molecule has 0 aliphatic carbocycles. The van der Waals surface area contributed by atoms with Gasteiger partial charge >= 0.3 is 11.6 Å². The molecule has 2 aromatic carbocycles. The first kappa shape index (κ1) is 18.0. The van der Waals surface area contributed by atoms with Crippen LogP contribution in [-0.4, -0.2) is 26.0 Å². The smallest absolute Gasteiger partial charge is 0.347 e. The summed E-state index contributed by atoms with van der Waals surface area (Å²) in [6.45, 7) is 0. The van der Waals surface area contributed by atoms with Gasteiger partial charge in [0, 0.05) is 0 Å². The van der Waals surface area contributed by atoms with Crippen molar-refractivity contribution in [2.75, 3.05) is 14.2 Å². The van der Waals surface area contributed by atoms with E-state index >= 15 is 0 Å². The Morgan fingerprint density at radius 3 is 2.33 bits per heavy atom. The summed E-state index contributed by atoms with van der Waals surface area (Å²) in [5, 5.41) is 0.594. The number of rotatable bonds is 3. The molecule has 0 spiro atoms. The van der Waals surface area contributed by atoms with Crippen LogP contribution in [0.4, 0.5) is 0 Å². The minimum absolute atomic E-state index is 0.00362. The van der Waals surface area contributed by atoms with Gasteiger partial charge in [-0.3, -0.25) is 9.59 Å². The van der Waals surface area contributed by atoms with E-state index in [2.05, 4.69) is 0 Å². The summed E-state index contributed by atoms with van der Waals surface area (Å²) in [6.07, 6.45) is 0. The minimum Gasteiger partial charge on any atom is -0.497 e. The molecular formula is C22H14O8. The van der Waals surface area contributed by atoms with Crippen LogP contribution in [0.3, 0.4) is 0 Å². The molecule has 8 heteroatoms. The standard InChI is InChI=1S/C22H14O8/c1-26-10-3-5-15-12(7-10)19(23)18(22(25)30-15)17-9-14-20(28-17)13-8-11(27-2)4-6-16(13)29-21(14)24/h3-9,18H,1-2H3. The maximum Gasteiger partial charge on any atom is 0.347 e. The number of esters is 1. The Hall–Kier alpha value is -4.07. The zero-order valence-corrected chi connectivity index (χ0v) is 15.9. The lowest BCUT2D eigenvalue weighted by atomic mass is 9.92. The molecule has 0 radical (unpaired) electrons. The van der Waals surface area contributed by atoms with Gasteiger partial charge in [0.25, 0.3) is 0 Å². The number of ketones is 1. The van der Waals surface area contributed by atoms with Crippen LogP contribution in [0, 0.1) is 0 Å². The molecule has 0 amide bonds. The van der Waals surface area contributed by atoms with E-state index in [1.807, 2.05) is 0 Å². The Kier molecular flexibility index (Phi) is 3.89. The zero-order valence-electron chi connectivity index (χ0n) is 15.9. The van der Waals surface area contributed by atoms with Crippen LogP contribution in [0.2, 0.25) is 0 Å². The number of furan rings is 1. The van der Waals surface area contributed by atoms with Crippen LogP contribution in [0.15, 0.2) is 56.1 Å². The van der Waals surface area contributed by atoms with Crippen molar-refractivity contribution in [2.45, 2.75) is 5.92 Å². The largest absolute Gasteiger partial charge is 0.497 e. The Balaban J connectivity index is 1.70. The summed E-state index contributed by atoms with van der Waals surface area (Å²) in [7, 11) is 2.98. The summed E-state index contributed by atoms with van der Waals surface area (Å²) in [6, 6.07) is 10.8. The second kappa shape index (κ2) is 6.48. The van der Waals surface area contributed by atoms with Crippen molar-refractivity contribution in [1.29, 1.82) is 0 Å². The van der Waals surface area contributed by atoms with Crippen LogP contribution in [0.1, 0.15) is 22.0 Å². The van der Waals surface area contributed by atoms with Crippen LogP contribution in [0.5, 0.6) is 17.2 Å². The summed E-state index contributed by atoms with van der Waals surface area (Å²) in [5.74, 6) is -1.53. The maximum atomic E-state index is 13.1. The molecule has 5 rings (SSSR count). The second-order valence-electron chi connectivity index (χ2n) is 6.72. The van der Waals surface area contributed by atoms with Crippen molar-refractivity contribution in [1.82, 2.24) is 0 Å². The number of carbonyl (C=O) groups is 2. The second-order valence-corrected chi connectivity index (χ2v) is 6.72. The van der Waals surface area contributed by atoms with Crippen molar-refractivity contribution in [3.05, 3.63) is 64.2 Å². The molecule has 0 N–H and O–H groups in total. The Bertz CT molecular complexity index is 1410. The summed E-state index contributed by atoms with van der Waals surface area (Å²) in [4.78, 5) is 38.1. The van der Waals surface area contributed by atoms with E-state index in [4.69, 9.17) is 23.0 Å². The highest BCUT2D eigenvalue weighted by atomic mass is 16.5. The van der Waals surface area contributed by atoms with Gasteiger partial charge in [0.15, 0.2) is 17.3 Å². The molecule has 150 valence electrons. The molecular weight excluding hydrogens is 392 g/mol. The van der Waals surface area contributed by atoms with Gasteiger partial charge in [-0.15, -0.1) is 0 Å². The van der Waals surface area contributed by atoms with E-state index in [1.54, 1.807) is 24.3 Å². The van der Waals surface area contributed by atoms with E-state index in [1.165, 1.54) is 32.4 Å².